The van der Waals surface area contributed by atoms with E-state index in [0.717, 1.165) is 10.0 Å². The Morgan fingerprint density at radius 3 is 2.67 bits per heavy atom. The first-order valence-electron chi connectivity index (χ1n) is 5.61. The van der Waals surface area contributed by atoms with Crippen molar-refractivity contribution in [1.82, 2.24) is 4.90 Å². The Morgan fingerprint density at radius 1 is 1.33 bits per heavy atom. The maximum Gasteiger partial charge on any atom is 0.292 e. The zero-order valence-electron chi connectivity index (χ0n) is 10.1. The number of ether oxygens (including phenoxy) is 2. The normalized spacial score (nSPS) is 14.2. The van der Waals surface area contributed by atoms with E-state index in [4.69, 9.17) is 9.47 Å². The zero-order valence-corrected chi connectivity index (χ0v) is 11.6. The smallest absolute Gasteiger partial charge is 0.292 e. The molecule has 1 heterocycles. The van der Waals surface area contributed by atoms with Crippen LogP contribution in [0.5, 0.6) is 0 Å². The Balaban J connectivity index is 1.98. The zero-order chi connectivity index (χ0) is 13.0. The lowest BCUT2D eigenvalue weighted by Crippen LogP contribution is -2.30. The molecular weight excluding hydrogens is 298 g/mol. The summed E-state index contributed by atoms with van der Waals surface area (Å²) in [5.74, 6) is 0.0958. The Kier molecular flexibility index (Phi) is 4.25. The fourth-order valence-electron chi connectivity index (χ4n) is 1.60. The molecule has 1 aliphatic heterocycles. The van der Waals surface area contributed by atoms with Crippen LogP contribution in [0.4, 0.5) is 0 Å². The highest BCUT2D eigenvalue weighted by atomic mass is 79.9. The van der Waals surface area contributed by atoms with E-state index in [1.807, 2.05) is 24.3 Å². The highest BCUT2D eigenvalue weighted by Gasteiger charge is 2.19. The minimum Gasteiger partial charge on any atom is -0.494 e. The summed E-state index contributed by atoms with van der Waals surface area (Å²) in [5.41, 5.74) is 1.06. The van der Waals surface area contributed by atoms with Crippen LogP contribution in [0.15, 0.2) is 40.8 Å². The third-order valence-corrected chi connectivity index (χ3v) is 3.07. The summed E-state index contributed by atoms with van der Waals surface area (Å²) in [6, 6.07) is 7.85. The summed E-state index contributed by atoms with van der Waals surface area (Å²) in [6.45, 7) is 1.45. The molecule has 0 saturated carbocycles. The van der Waals surface area contributed by atoms with E-state index in [2.05, 4.69) is 15.9 Å². The van der Waals surface area contributed by atoms with Crippen molar-refractivity contribution in [3.05, 3.63) is 46.3 Å². The summed E-state index contributed by atoms with van der Waals surface area (Å²) in [7, 11) is 1.74. The monoisotopic (exact) mass is 311 g/mol. The molecule has 1 aliphatic rings. The van der Waals surface area contributed by atoms with E-state index < -0.39 is 0 Å². The highest BCUT2D eigenvalue weighted by molar-refractivity contribution is 9.10. The van der Waals surface area contributed by atoms with Gasteiger partial charge >= 0.3 is 0 Å². The van der Waals surface area contributed by atoms with Crippen molar-refractivity contribution in [2.75, 3.05) is 20.3 Å². The van der Waals surface area contributed by atoms with E-state index in [1.165, 1.54) is 6.26 Å². The van der Waals surface area contributed by atoms with E-state index >= 15 is 0 Å². The molecule has 0 atom stereocenters. The molecule has 18 heavy (non-hydrogen) atoms. The van der Waals surface area contributed by atoms with Crippen LogP contribution in [-0.2, 0) is 20.8 Å². The molecule has 5 heteroatoms. The number of nitrogens with zero attached hydrogens (tertiary/aromatic N) is 1. The molecular formula is C13H14BrNO3. The second-order valence-electron chi connectivity index (χ2n) is 3.99. The number of halogens is 1. The quantitative estimate of drug-likeness (QED) is 0.860. The van der Waals surface area contributed by atoms with Crippen molar-refractivity contribution in [3.8, 4) is 0 Å². The molecule has 96 valence electrons. The van der Waals surface area contributed by atoms with Crippen molar-refractivity contribution in [1.29, 1.82) is 0 Å². The number of hydrogen-bond donors (Lipinski definition) is 0. The van der Waals surface area contributed by atoms with E-state index in [1.54, 1.807) is 11.9 Å². The van der Waals surface area contributed by atoms with Crippen LogP contribution in [0.25, 0.3) is 0 Å². The van der Waals surface area contributed by atoms with Crippen molar-refractivity contribution >= 4 is 21.8 Å². The number of carbonyl (C=O) groups excluding carboxylic acids is 1. The van der Waals surface area contributed by atoms with Crippen LogP contribution in [0.2, 0.25) is 0 Å². The van der Waals surface area contributed by atoms with Gasteiger partial charge in [-0.3, -0.25) is 4.79 Å². The van der Waals surface area contributed by atoms with Crippen molar-refractivity contribution in [2.24, 2.45) is 0 Å². The summed E-state index contributed by atoms with van der Waals surface area (Å²) in [6.07, 6.45) is 1.38. The largest absolute Gasteiger partial charge is 0.494 e. The predicted octanol–water partition coefficient (Wildman–Crippen LogP) is 2.30. The highest BCUT2D eigenvalue weighted by Crippen LogP contribution is 2.14. The van der Waals surface area contributed by atoms with Crippen molar-refractivity contribution < 1.29 is 14.3 Å². The molecule has 1 aromatic rings. The molecule has 0 saturated heterocycles. The summed E-state index contributed by atoms with van der Waals surface area (Å²) in [4.78, 5) is 13.6. The summed E-state index contributed by atoms with van der Waals surface area (Å²) >= 11 is 3.38. The van der Waals surface area contributed by atoms with Crippen LogP contribution >= 0.6 is 15.9 Å². The molecule has 0 fully saturated rings. The van der Waals surface area contributed by atoms with Gasteiger partial charge in [-0.15, -0.1) is 0 Å². The lowest BCUT2D eigenvalue weighted by atomic mass is 10.2. The number of hydrogen-bond acceptors (Lipinski definition) is 3. The Bertz CT molecular complexity index is 456. The van der Waals surface area contributed by atoms with Crippen LogP contribution in [-0.4, -0.2) is 31.1 Å². The van der Waals surface area contributed by atoms with Crippen LogP contribution in [0, 0.1) is 0 Å². The van der Waals surface area contributed by atoms with Gasteiger partial charge in [0, 0.05) is 18.1 Å². The fraction of sp³-hybridized carbons (Fsp3) is 0.308. The van der Waals surface area contributed by atoms with Gasteiger partial charge < -0.3 is 14.4 Å². The molecule has 0 aliphatic carbocycles. The van der Waals surface area contributed by atoms with Crippen LogP contribution in [0.3, 0.4) is 0 Å². The van der Waals surface area contributed by atoms with Gasteiger partial charge in [0.25, 0.3) is 5.91 Å². The maximum atomic E-state index is 12.0. The first kappa shape index (κ1) is 13.0. The van der Waals surface area contributed by atoms with Crippen molar-refractivity contribution in [2.45, 2.75) is 6.54 Å². The van der Waals surface area contributed by atoms with Crippen molar-refractivity contribution in [3.63, 3.8) is 0 Å². The minimum absolute atomic E-state index is 0.169. The SMILES string of the molecule is CN(Cc1ccc(Br)cc1)C(=O)C1=COCCO1. The minimum atomic E-state index is -0.169. The number of rotatable bonds is 3. The van der Waals surface area contributed by atoms with Crippen LogP contribution < -0.4 is 0 Å². The number of likely N-dealkylation sites (N-methyl/N-ethyl adjacent to an activating group) is 1. The van der Waals surface area contributed by atoms with Gasteiger partial charge in [-0.2, -0.15) is 0 Å². The average molecular weight is 312 g/mol. The Morgan fingerprint density at radius 2 is 2.06 bits per heavy atom. The Labute approximate surface area is 114 Å². The molecule has 0 radical (unpaired) electrons. The summed E-state index contributed by atoms with van der Waals surface area (Å²) in [5, 5.41) is 0. The molecule has 0 bridgehead atoms. The molecule has 2 rings (SSSR count). The first-order valence-corrected chi connectivity index (χ1v) is 6.40. The summed E-state index contributed by atoms with van der Waals surface area (Å²) < 4.78 is 11.4. The maximum absolute atomic E-state index is 12.0. The van der Waals surface area contributed by atoms with E-state index in [9.17, 15) is 4.79 Å². The molecule has 1 amide bonds. The van der Waals surface area contributed by atoms with Gasteiger partial charge in [0.1, 0.15) is 19.5 Å². The third kappa shape index (κ3) is 3.26. The van der Waals surface area contributed by atoms with E-state index in [0.29, 0.717) is 19.8 Å². The van der Waals surface area contributed by atoms with Crippen LogP contribution in [0.1, 0.15) is 5.56 Å². The standard InChI is InChI=1S/C13H14BrNO3/c1-15(8-10-2-4-11(14)5-3-10)13(16)12-9-17-6-7-18-12/h2-5,9H,6-8H2,1H3. The molecule has 0 unspecified atom stereocenters. The predicted molar refractivity (Wildman–Crippen MR) is 70.6 cm³/mol. The Hall–Kier alpha value is -1.49. The average Bonchev–Trinajstić information content (AvgIpc) is 2.41. The lowest BCUT2D eigenvalue weighted by molar-refractivity contribution is -0.131. The second kappa shape index (κ2) is 5.91. The second-order valence-corrected chi connectivity index (χ2v) is 4.90. The van der Waals surface area contributed by atoms with Gasteiger partial charge in [0.15, 0.2) is 0 Å². The van der Waals surface area contributed by atoms with E-state index in [-0.39, 0.29) is 11.7 Å². The van der Waals surface area contributed by atoms with Gasteiger partial charge in [-0.05, 0) is 17.7 Å². The lowest BCUT2D eigenvalue weighted by Gasteiger charge is -2.21. The molecule has 0 spiro atoms. The van der Waals surface area contributed by atoms with Gasteiger partial charge in [0.2, 0.25) is 5.76 Å². The molecule has 0 N–H and O–H groups in total. The number of amides is 1. The topological polar surface area (TPSA) is 38.8 Å². The molecule has 1 aromatic carbocycles. The molecule has 4 nitrogen and oxygen atoms in total. The third-order valence-electron chi connectivity index (χ3n) is 2.54. The fourth-order valence-corrected chi connectivity index (χ4v) is 1.87. The number of carbonyl (C=O) groups is 1. The van der Waals surface area contributed by atoms with Gasteiger partial charge in [-0.25, -0.2) is 0 Å². The first-order chi connectivity index (χ1) is 8.66. The van der Waals surface area contributed by atoms with Gasteiger partial charge in [-0.1, -0.05) is 28.1 Å². The van der Waals surface area contributed by atoms with Gasteiger partial charge in [0.05, 0.1) is 0 Å². The number of benzene rings is 1. The molecule has 0 aromatic heterocycles.